The van der Waals surface area contributed by atoms with Crippen molar-refractivity contribution in [1.29, 1.82) is 0 Å². The molecule has 1 amide bonds. The molecule has 0 aromatic heterocycles. The third kappa shape index (κ3) is 2.78. The smallest absolute Gasteiger partial charge is 0.211 e. The fraction of sp³-hybridized carbons (Fsp3) is 0.333. The minimum absolute atomic E-state index is 0.307. The van der Waals surface area contributed by atoms with Crippen LogP contribution < -0.4 is 16.9 Å². The van der Waals surface area contributed by atoms with Crippen LogP contribution in [0.5, 0.6) is 0 Å². The second kappa shape index (κ2) is 5.05. The third-order valence-corrected chi connectivity index (χ3v) is 2.89. The van der Waals surface area contributed by atoms with Gasteiger partial charge in [0.1, 0.15) is 0 Å². The molecule has 0 aliphatic heterocycles. The molecule has 0 atom stereocenters. The van der Waals surface area contributed by atoms with Crippen molar-refractivity contribution in [3.8, 4) is 0 Å². The van der Waals surface area contributed by atoms with Crippen LogP contribution in [-0.2, 0) is 4.79 Å². The number of carbonyl (C=O) groups is 1. The van der Waals surface area contributed by atoms with Crippen molar-refractivity contribution in [3.05, 3.63) is 29.3 Å². The molecule has 2 rings (SSSR count). The number of carbonyl (C=O) groups excluding carboxylic acids is 1. The first-order chi connectivity index (χ1) is 8.61. The van der Waals surface area contributed by atoms with Crippen LogP contribution in [-0.4, -0.2) is 23.4 Å². The van der Waals surface area contributed by atoms with Crippen molar-refractivity contribution in [3.63, 3.8) is 0 Å². The number of nitrogens with zero attached hydrogens (tertiary/aromatic N) is 2. The largest absolute Gasteiger partial charge is 0.382 e. The number of rotatable bonds is 5. The monoisotopic (exact) mass is 247 g/mol. The minimum atomic E-state index is 0.307. The number of aryl methyl sites for hydroxylation is 1. The van der Waals surface area contributed by atoms with Crippen LogP contribution in [0.4, 0.5) is 5.69 Å². The van der Waals surface area contributed by atoms with E-state index in [0.717, 1.165) is 29.7 Å². The molecule has 1 aliphatic carbocycles. The number of amides is 1. The number of hydrogen-bond acceptors (Lipinski definition) is 4. The van der Waals surface area contributed by atoms with Crippen molar-refractivity contribution in [2.45, 2.75) is 25.8 Å². The first kappa shape index (κ1) is 12.4. The lowest BCUT2D eigenvalue weighted by atomic mass is 10.1. The summed E-state index contributed by atoms with van der Waals surface area (Å²) in [6, 6.07) is 5.82. The quantitative estimate of drug-likeness (QED) is 0.232. The van der Waals surface area contributed by atoms with Gasteiger partial charge in [-0.2, -0.15) is 0 Å². The Kier molecular flexibility index (Phi) is 3.47. The fourth-order valence-electron chi connectivity index (χ4n) is 1.60. The Labute approximate surface area is 106 Å². The molecule has 5 N–H and O–H groups in total. The van der Waals surface area contributed by atoms with Crippen molar-refractivity contribution in [1.82, 2.24) is 5.12 Å². The highest BCUT2D eigenvalue weighted by atomic mass is 16.1. The average molecular weight is 247 g/mol. The molecule has 0 saturated heterocycles. The Morgan fingerprint density at radius 3 is 2.89 bits per heavy atom. The molecule has 1 aromatic rings. The molecule has 0 unspecified atom stereocenters. The molecule has 1 aromatic carbocycles. The van der Waals surface area contributed by atoms with Gasteiger partial charge in [0.15, 0.2) is 5.84 Å². The van der Waals surface area contributed by atoms with Crippen molar-refractivity contribution in [2.75, 3.05) is 5.32 Å². The number of nitrogens with one attached hydrogen (secondary N) is 1. The van der Waals surface area contributed by atoms with Gasteiger partial charge in [-0.15, -0.1) is 5.10 Å². The lowest BCUT2D eigenvalue weighted by molar-refractivity contribution is -0.105. The molecule has 18 heavy (non-hydrogen) atoms. The Hall–Kier alpha value is -2.08. The zero-order valence-electron chi connectivity index (χ0n) is 10.3. The Bertz CT molecular complexity index is 481. The van der Waals surface area contributed by atoms with E-state index in [9.17, 15) is 4.79 Å². The SMILES string of the molecule is Cc1ccc(/C(N)=N/N(N)C2CC2)cc1NC=O. The highest BCUT2D eigenvalue weighted by Crippen LogP contribution is 2.24. The number of hydrogen-bond donors (Lipinski definition) is 3. The average Bonchev–Trinajstić information content (AvgIpc) is 3.16. The van der Waals surface area contributed by atoms with E-state index in [1.165, 1.54) is 5.12 Å². The van der Waals surface area contributed by atoms with Gasteiger partial charge < -0.3 is 11.1 Å². The molecule has 1 aliphatic rings. The maximum Gasteiger partial charge on any atom is 0.211 e. The predicted octanol–water partition coefficient (Wildman–Crippen LogP) is 0.522. The number of hydrazine groups is 1. The molecule has 0 heterocycles. The van der Waals surface area contributed by atoms with Gasteiger partial charge in [0, 0.05) is 11.3 Å². The van der Waals surface area contributed by atoms with Crippen LogP contribution in [0.3, 0.4) is 0 Å². The molecule has 6 nitrogen and oxygen atoms in total. The van der Waals surface area contributed by atoms with Gasteiger partial charge in [0.2, 0.25) is 6.41 Å². The molecular weight excluding hydrogens is 230 g/mol. The Morgan fingerprint density at radius 1 is 1.56 bits per heavy atom. The van der Waals surface area contributed by atoms with Crippen LogP contribution in [0.2, 0.25) is 0 Å². The van der Waals surface area contributed by atoms with E-state index in [-0.39, 0.29) is 0 Å². The Morgan fingerprint density at radius 2 is 2.28 bits per heavy atom. The summed E-state index contributed by atoms with van der Waals surface area (Å²) in [5.74, 6) is 6.08. The summed E-state index contributed by atoms with van der Waals surface area (Å²) in [6.07, 6.45) is 2.75. The number of amidine groups is 1. The summed E-state index contributed by atoms with van der Waals surface area (Å²) >= 11 is 0. The highest BCUT2D eigenvalue weighted by Gasteiger charge is 2.26. The van der Waals surface area contributed by atoms with E-state index >= 15 is 0 Å². The summed E-state index contributed by atoms with van der Waals surface area (Å²) in [6.45, 7) is 1.91. The summed E-state index contributed by atoms with van der Waals surface area (Å²) < 4.78 is 0. The van der Waals surface area contributed by atoms with Gasteiger partial charge in [0.25, 0.3) is 0 Å². The lowest BCUT2D eigenvalue weighted by Gasteiger charge is -2.13. The van der Waals surface area contributed by atoms with Gasteiger partial charge in [-0.05, 0) is 31.4 Å². The van der Waals surface area contributed by atoms with E-state index in [2.05, 4.69) is 10.4 Å². The third-order valence-electron chi connectivity index (χ3n) is 2.89. The van der Waals surface area contributed by atoms with Crippen LogP contribution in [0.1, 0.15) is 24.0 Å². The summed E-state index contributed by atoms with van der Waals surface area (Å²) in [7, 11) is 0. The van der Waals surface area contributed by atoms with Crippen molar-refractivity contribution in [2.24, 2.45) is 16.7 Å². The van der Waals surface area contributed by atoms with Crippen LogP contribution in [0.25, 0.3) is 0 Å². The van der Waals surface area contributed by atoms with E-state index in [4.69, 9.17) is 11.6 Å². The highest BCUT2D eigenvalue weighted by molar-refractivity contribution is 5.98. The van der Waals surface area contributed by atoms with Gasteiger partial charge in [-0.3, -0.25) is 4.79 Å². The van der Waals surface area contributed by atoms with Crippen LogP contribution >= 0.6 is 0 Å². The standard InChI is InChI=1S/C12H17N5O/c1-8-2-3-9(6-11(8)15-7-18)12(13)16-17(14)10-4-5-10/h2-3,6-7,10H,4-5,14H2,1H3,(H2,13,16)(H,15,18). The molecule has 0 radical (unpaired) electrons. The summed E-state index contributed by atoms with van der Waals surface area (Å²) in [5, 5.41) is 8.16. The summed E-state index contributed by atoms with van der Waals surface area (Å²) in [5.41, 5.74) is 8.31. The molecule has 1 fully saturated rings. The number of benzene rings is 1. The maximum atomic E-state index is 10.5. The van der Waals surface area contributed by atoms with E-state index in [1.54, 1.807) is 6.07 Å². The normalized spacial score (nSPS) is 15.3. The topological polar surface area (TPSA) is 96.7 Å². The number of nitrogens with two attached hydrogens (primary N) is 2. The molecule has 1 saturated carbocycles. The molecule has 6 heteroatoms. The first-order valence-electron chi connectivity index (χ1n) is 5.81. The lowest BCUT2D eigenvalue weighted by Crippen LogP contribution is -2.31. The molecule has 96 valence electrons. The number of hydrazone groups is 1. The first-order valence-corrected chi connectivity index (χ1v) is 5.81. The van der Waals surface area contributed by atoms with Gasteiger partial charge >= 0.3 is 0 Å². The minimum Gasteiger partial charge on any atom is -0.382 e. The predicted molar refractivity (Wildman–Crippen MR) is 70.6 cm³/mol. The van der Waals surface area contributed by atoms with Crippen LogP contribution in [0, 0.1) is 6.92 Å². The van der Waals surface area contributed by atoms with E-state index < -0.39 is 0 Å². The van der Waals surface area contributed by atoms with E-state index in [1.807, 2.05) is 19.1 Å². The number of anilines is 1. The zero-order chi connectivity index (χ0) is 13.1. The maximum absolute atomic E-state index is 10.5. The van der Waals surface area contributed by atoms with E-state index in [0.29, 0.717) is 18.3 Å². The van der Waals surface area contributed by atoms with Crippen molar-refractivity contribution < 1.29 is 4.79 Å². The molecular formula is C12H17N5O. The Balaban J connectivity index is 2.21. The van der Waals surface area contributed by atoms with Gasteiger partial charge in [-0.1, -0.05) is 12.1 Å². The second-order valence-corrected chi connectivity index (χ2v) is 4.39. The van der Waals surface area contributed by atoms with Gasteiger partial charge in [0.05, 0.1) is 6.04 Å². The molecule has 0 spiro atoms. The fourth-order valence-corrected chi connectivity index (χ4v) is 1.60. The van der Waals surface area contributed by atoms with Crippen molar-refractivity contribution >= 4 is 17.9 Å². The second-order valence-electron chi connectivity index (χ2n) is 4.39. The zero-order valence-corrected chi connectivity index (χ0v) is 10.3. The molecule has 0 bridgehead atoms. The summed E-state index contributed by atoms with van der Waals surface area (Å²) in [4.78, 5) is 10.5. The van der Waals surface area contributed by atoms with Crippen LogP contribution in [0.15, 0.2) is 23.3 Å². The van der Waals surface area contributed by atoms with Gasteiger partial charge in [-0.25, -0.2) is 11.0 Å².